The maximum atomic E-state index is 9.68. The summed E-state index contributed by atoms with van der Waals surface area (Å²) in [6, 6.07) is 20.1. The first-order valence-electron chi connectivity index (χ1n) is 7.90. The van der Waals surface area contributed by atoms with E-state index in [4.69, 9.17) is 5.26 Å². The molecule has 0 amide bonds. The Balaban J connectivity index is 2.09. The van der Waals surface area contributed by atoms with Crippen LogP contribution >= 0.6 is 15.9 Å². The van der Waals surface area contributed by atoms with Gasteiger partial charge in [0.25, 0.3) is 0 Å². The van der Waals surface area contributed by atoms with Gasteiger partial charge < -0.3 is 4.57 Å². The number of aromatic nitrogens is 1. The highest BCUT2D eigenvalue weighted by molar-refractivity contribution is 9.10. The average molecular weight is 390 g/mol. The molecule has 3 rings (SSSR count). The van der Waals surface area contributed by atoms with E-state index in [2.05, 4.69) is 44.8 Å². The third kappa shape index (κ3) is 3.22. The van der Waals surface area contributed by atoms with E-state index in [0.717, 1.165) is 33.5 Å². The summed E-state index contributed by atoms with van der Waals surface area (Å²) in [7, 11) is 0. The second-order valence-corrected chi connectivity index (χ2v) is 6.85. The largest absolute Gasteiger partial charge is 0.343 e. The predicted molar refractivity (Wildman–Crippen MR) is 102 cm³/mol. The molecule has 25 heavy (non-hydrogen) atoms. The van der Waals surface area contributed by atoms with E-state index in [9.17, 15) is 5.26 Å². The zero-order valence-electron chi connectivity index (χ0n) is 14.0. The Bertz CT molecular complexity index is 998. The minimum Gasteiger partial charge on any atom is -0.343 e. The van der Waals surface area contributed by atoms with Gasteiger partial charge in [-0.25, -0.2) is 0 Å². The average Bonchev–Trinajstić information content (AvgIpc) is 2.87. The third-order valence-electron chi connectivity index (χ3n) is 4.45. The molecule has 0 aliphatic heterocycles. The molecule has 3 nitrogen and oxygen atoms in total. The smallest absolute Gasteiger partial charge is 0.102 e. The number of nitriles is 2. The maximum Gasteiger partial charge on any atom is 0.102 e. The van der Waals surface area contributed by atoms with Gasteiger partial charge in [0, 0.05) is 28.0 Å². The van der Waals surface area contributed by atoms with Gasteiger partial charge in [-0.3, -0.25) is 0 Å². The second kappa shape index (κ2) is 6.97. The van der Waals surface area contributed by atoms with Gasteiger partial charge in [0.2, 0.25) is 0 Å². The molecule has 0 N–H and O–H groups in total. The SMILES string of the molecule is Cc1c(C#N)c(-c2ccc(C#N)cc2)c(C)n1Cc1ccc(Br)cc1. The van der Waals surface area contributed by atoms with Gasteiger partial charge in [-0.15, -0.1) is 0 Å². The van der Waals surface area contributed by atoms with Crippen molar-refractivity contribution in [3.05, 3.63) is 81.1 Å². The number of hydrogen-bond donors (Lipinski definition) is 0. The van der Waals surface area contributed by atoms with E-state index < -0.39 is 0 Å². The van der Waals surface area contributed by atoms with Crippen molar-refractivity contribution in [3.8, 4) is 23.3 Å². The highest BCUT2D eigenvalue weighted by atomic mass is 79.9. The topological polar surface area (TPSA) is 52.5 Å². The van der Waals surface area contributed by atoms with Crippen molar-refractivity contribution in [2.75, 3.05) is 0 Å². The summed E-state index contributed by atoms with van der Waals surface area (Å²) in [5, 5.41) is 18.7. The summed E-state index contributed by atoms with van der Waals surface area (Å²) >= 11 is 3.46. The Morgan fingerprint density at radius 2 is 1.52 bits per heavy atom. The summed E-state index contributed by atoms with van der Waals surface area (Å²) in [4.78, 5) is 0. The summed E-state index contributed by atoms with van der Waals surface area (Å²) in [6.45, 7) is 4.74. The molecule has 0 aliphatic carbocycles. The minimum absolute atomic E-state index is 0.617. The summed E-state index contributed by atoms with van der Waals surface area (Å²) < 4.78 is 3.23. The lowest BCUT2D eigenvalue weighted by Gasteiger charge is -2.10. The zero-order valence-corrected chi connectivity index (χ0v) is 15.6. The fourth-order valence-corrected chi connectivity index (χ4v) is 3.36. The first-order chi connectivity index (χ1) is 12.0. The van der Waals surface area contributed by atoms with E-state index >= 15 is 0 Å². The molecule has 0 bridgehead atoms. The van der Waals surface area contributed by atoms with Gasteiger partial charge in [0.05, 0.1) is 17.2 Å². The number of hydrogen-bond acceptors (Lipinski definition) is 2. The molecule has 122 valence electrons. The number of benzene rings is 2. The standard InChI is InChI=1S/C21H16BrN3/c1-14-20(12-24)21(18-7-3-16(11-23)4-8-18)15(2)25(14)13-17-5-9-19(22)10-6-17/h3-10H,13H2,1-2H3. The lowest BCUT2D eigenvalue weighted by molar-refractivity contribution is 0.749. The van der Waals surface area contributed by atoms with Crippen LogP contribution in [0.1, 0.15) is 28.1 Å². The van der Waals surface area contributed by atoms with Crippen LogP contribution in [0.3, 0.4) is 0 Å². The van der Waals surface area contributed by atoms with E-state index in [1.807, 2.05) is 38.1 Å². The van der Waals surface area contributed by atoms with Crippen molar-refractivity contribution in [1.29, 1.82) is 10.5 Å². The van der Waals surface area contributed by atoms with Crippen LogP contribution in [0.4, 0.5) is 0 Å². The lowest BCUT2D eigenvalue weighted by Crippen LogP contribution is -2.04. The highest BCUT2D eigenvalue weighted by Crippen LogP contribution is 2.32. The number of rotatable bonds is 3. The summed E-state index contributed by atoms with van der Waals surface area (Å²) in [5.41, 5.74) is 6.42. The fourth-order valence-electron chi connectivity index (χ4n) is 3.09. The third-order valence-corrected chi connectivity index (χ3v) is 4.98. The molecular weight excluding hydrogens is 374 g/mol. The Labute approximate surface area is 155 Å². The van der Waals surface area contributed by atoms with Crippen molar-refractivity contribution in [3.63, 3.8) is 0 Å². The molecule has 1 aromatic heterocycles. The summed E-state index contributed by atoms with van der Waals surface area (Å²) in [5.74, 6) is 0. The molecule has 0 radical (unpaired) electrons. The highest BCUT2D eigenvalue weighted by Gasteiger charge is 2.19. The zero-order chi connectivity index (χ0) is 18.0. The van der Waals surface area contributed by atoms with Crippen molar-refractivity contribution >= 4 is 15.9 Å². The molecule has 3 aromatic rings. The van der Waals surface area contributed by atoms with Gasteiger partial charge in [-0.2, -0.15) is 10.5 Å². The van der Waals surface area contributed by atoms with E-state index in [-0.39, 0.29) is 0 Å². The van der Waals surface area contributed by atoms with Crippen molar-refractivity contribution in [2.24, 2.45) is 0 Å². The van der Waals surface area contributed by atoms with Crippen LogP contribution in [0.5, 0.6) is 0 Å². The molecule has 4 heteroatoms. The van der Waals surface area contributed by atoms with Gasteiger partial charge >= 0.3 is 0 Å². The molecule has 0 aliphatic rings. The second-order valence-electron chi connectivity index (χ2n) is 5.93. The predicted octanol–water partition coefficient (Wildman–Crippen LogP) is 5.33. The summed E-state index contributed by atoms with van der Waals surface area (Å²) in [6.07, 6.45) is 0. The normalized spacial score (nSPS) is 10.3. The Morgan fingerprint density at radius 1 is 0.880 bits per heavy atom. The molecule has 0 atom stereocenters. The van der Waals surface area contributed by atoms with Crippen LogP contribution in [0.15, 0.2) is 53.0 Å². The molecule has 0 unspecified atom stereocenters. The van der Waals surface area contributed by atoms with Gasteiger partial charge in [0.15, 0.2) is 0 Å². The molecule has 0 spiro atoms. The van der Waals surface area contributed by atoms with Crippen LogP contribution in [-0.4, -0.2) is 4.57 Å². The molecule has 0 saturated carbocycles. The van der Waals surface area contributed by atoms with Gasteiger partial charge in [0.1, 0.15) is 6.07 Å². The minimum atomic E-state index is 0.617. The monoisotopic (exact) mass is 389 g/mol. The van der Waals surface area contributed by atoms with Crippen LogP contribution in [0.25, 0.3) is 11.1 Å². The lowest BCUT2D eigenvalue weighted by atomic mass is 10.0. The van der Waals surface area contributed by atoms with Gasteiger partial charge in [-0.1, -0.05) is 40.2 Å². The van der Waals surface area contributed by atoms with Crippen LogP contribution in [0.2, 0.25) is 0 Å². The number of nitrogens with zero attached hydrogens (tertiary/aromatic N) is 3. The quantitative estimate of drug-likeness (QED) is 0.607. The van der Waals surface area contributed by atoms with Crippen LogP contribution in [0, 0.1) is 36.5 Å². The van der Waals surface area contributed by atoms with Crippen molar-refractivity contribution in [1.82, 2.24) is 4.57 Å². The molecule has 0 fully saturated rings. The van der Waals surface area contributed by atoms with E-state index in [1.54, 1.807) is 12.1 Å². The molecule has 0 saturated heterocycles. The Morgan fingerprint density at radius 3 is 2.08 bits per heavy atom. The number of halogens is 1. The fraction of sp³-hybridized carbons (Fsp3) is 0.143. The molecule has 1 heterocycles. The Kier molecular flexibility index (Phi) is 4.74. The van der Waals surface area contributed by atoms with Crippen molar-refractivity contribution < 1.29 is 0 Å². The van der Waals surface area contributed by atoms with Crippen LogP contribution in [-0.2, 0) is 6.54 Å². The van der Waals surface area contributed by atoms with Crippen LogP contribution < -0.4 is 0 Å². The maximum absolute atomic E-state index is 9.68. The first kappa shape index (κ1) is 17.0. The molecule has 2 aromatic carbocycles. The van der Waals surface area contributed by atoms with Crippen molar-refractivity contribution in [2.45, 2.75) is 20.4 Å². The van der Waals surface area contributed by atoms with E-state index in [1.165, 1.54) is 5.56 Å². The van der Waals surface area contributed by atoms with Gasteiger partial charge in [-0.05, 0) is 49.2 Å². The Hall–Kier alpha value is -2.82. The molecular formula is C21H16BrN3. The first-order valence-corrected chi connectivity index (χ1v) is 8.69. The van der Waals surface area contributed by atoms with E-state index in [0.29, 0.717) is 11.1 Å².